The molecule has 0 unspecified atom stereocenters. The van der Waals surface area contributed by atoms with E-state index >= 15 is 0 Å². The fourth-order valence-corrected chi connectivity index (χ4v) is 3.80. The molecule has 0 aliphatic carbocycles. The number of fused-ring (bicyclic) bond motifs is 3. The van der Waals surface area contributed by atoms with E-state index in [0.29, 0.717) is 5.76 Å². The lowest BCUT2D eigenvalue weighted by Gasteiger charge is -2.10. The average Bonchev–Trinajstić information content (AvgIpc) is 3.13. The number of rotatable bonds is 3. The molecule has 29 heavy (non-hydrogen) atoms. The van der Waals surface area contributed by atoms with Gasteiger partial charge in [0.2, 0.25) is 0 Å². The zero-order valence-corrected chi connectivity index (χ0v) is 15.9. The van der Waals surface area contributed by atoms with Gasteiger partial charge in [-0.05, 0) is 60.4 Å². The second-order valence-electron chi connectivity index (χ2n) is 6.95. The Morgan fingerprint density at radius 1 is 0.793 bits per heavy atom. The minimum absolute atomic E-state index is 0.578. The van der Waals surface area contributed by atoms with Crippen molar-refractivity contribution in [3.63, 3.8) is 0 Å². The number of allylic oxidation sites excluding steroid dienone is 4. The molecule has 5 rings (SSSR count). The summed E-state index contributed by atoms with van der Waals surface area (Å²) >= 11 is 0. The summed E-state index contributed by atoms with van der Waals surface area (Å²) in [6.07, 6.45) is 14.1. The molecule has 2 nitrogen and oxygen atoms in total. The maximum Gasteiger partial charge on any atom is 0.173 e. The fourth-order valence-electron chi connectivity index (χ4n) is 3.80. The Labute approximate surface area is 170 Å². The van der Waals surface area contributed by atoms with Gasteiger partial charge < -0.3 is 9.30 Å². The van der Waals surface area contributed by atoms with E-state index in [1.807, 2.05) is 24.3 Å². The highest BCUT2D eigenvalue weighted by Crippen LogP contribution is 2.31. The van der Waals surface area contributed by atoms with E-state index in [1.54, 1.807) is 0 Å². The second-order valence-corrected chi connectivity index (χ2v) is 6.95. The van der Waals surface area contributed by atoms with Crippen LogP contribution in [0.15, 0.2) is 103 Å². The van der Waals surface area contributed by atoms with Crippen molar-refractivity contribution in [3.05, 3.63) is 108 Å². The molecule has 138 valence electrons. The summed E-state index contributed by atoms with van der Waals surface area (Å²) in [5.74, 6) is 3.91. The van der Waals surface area contributed by atoms with Crippen molar-refractivity contribution in [2.24, 2.45) is 0 Å². The first-order chi connectivity index (χ1) is 14.3. The van der Waals surface area contributed by atoms with Crippen LogP contribution in [-0.2, 0) is 4.74 Å². The Kier molecular flexibility index (Phi) is 4.27. The predicted molar refractivity (Wildman–Crippen MR) is 121 cm³/mol. The van der Waals surface area contributed by atoms with Crippen LogP contribution in [0.25, 0.3) is 33.6 Å². The normalized spacial score (nSPS) is 13.9. The number of para-hydroxylation sites is 2. The number of hydrogen-bond donors (Lipinski definition) is 0. The Hall–Kier alpha value is -3.96. The molecule has 0 saturated heterocycles. The molecule has 4 aromatic rings. The van der Waals surface area contributed by atoms with Crippen LogP contribution in [0.2, 0.25) is 0 Å². The maximum atomic E-state index is 5.63. The van der Waals surface area contributed by atoms with Crippen LogP contribution in [0.5, 0.6) is 0 Å². The molecule has 1 aromatic heterocycles. The Bertz CT molecular complexity index is 1290. The standard InChI is InChI=1S/C27H19NO/c1-2-22-8-7-9-23(29-22)19-16-20-14-17-21(18-15-20)28-26-12-5-3-10-24(26)25-11-4-6-13-27(25)28/h1,3-6,8-19H,7H2. The van der Waals surface area contributed by atoms with Gasteiger partial charge in [0.05, 0.1) is 11.0 Å². The minimum atomic E-state index is 0.578. The Morgan fingerprint density at radius 3 is 2.10 bits per heavy atom. The van der Waals surface area contributed by atoms with Gasteiger partial charge in [0.1, 0.15) is 5.76 Å². The molecular weight excluding hydrogens is 354 g/mol. The molecule has 0 fully saturated rings. The average molecular weight is 373 g/mol. The van der Waals surface area contributed by atoms with Crippen molar-refractivity contribution in [2.45, 2.75) is 6.42 Å². The lowest BCUT2D eigenvalue weighted by Crippen LogP contribution is -1.94. The minimum Gasteiger partial charge on any atom is -0.449 e. The predicted octanol–water partition coefficient (Wildman–Crippen LogP) is 6.62. The highest BCUT2D eigenvalue weighted by atomic mass is 16.5. The molecule has 2 heterocycles. The van der Waals surface area contributed by atoms with Crippen LogP contribution in [0, 0.1) is 12.3 Å². The molecule has 0 atom stereocenters. The van der Waals surface area contributed by atoms with Crippen LogP contribution in [0.3, 0.4) is 0 Å². The molecule has 0 radical (unpaired) electrons. The van der Waals surface area contributed by atoms with Crippen LogP contribution >= 0.6 is 0 Å². The van der Waals surface area contributed by atoms with E-state index in [2.05, 4.69) is 83.3 Å². The first-order valence-electron chi connectivity index (χ1n) is 9.65. The summed E-state index contributed by atoms with van der Waals surface area (Å²) in [5, 5.41) is 2.54. The molecule has 1 aliphatic rings. The largest absolute Gasteiger partial charge is 0.449 e. The first kappa shape index (κ1) is 17.2. The topological polar surface area (TPSA) is 14.2 Å². The van der Waals surface area contributed by atoms with E-state index in [4.69, 9.17) is 11.2 Å². The third-order valence-corrected chi connectivity index (χ3v) is 5.16. The SMILES string of the molecule is C#CC1=CCC=C(C=Cc2ccc(-n3c4ccccc4c4ccccc43)cc2)O1. The van der Waals surface area contributed by atoms with Crippen LogP contribution in [0.4, 0.5) is 0 Å². The highest BCUT2D eigenvalue weighted by molar-refractivity contribution is 6.09. The molecule has 0 N–H and O–H groups in total. The van der Waals surface area contributed by atoms with E-state index in [1.165, 1.54) is 21.8 Å². The molecule has 3 aromatic carbocycles. The Balaban J connectivity index is 1.49. The first-order valence-corrected chi connectivity index (χ1v) is 9.65. The summed E-state index contributed by atoms with van der Waals surface area (Å²) < 4.78 is 7.95. The molecular formula is C27H19NO. The number of hydrogen-bond acceptors (Lipinski definition) is 1. The van der Waals surface area contributed by atoms with Crippen molar-refractivity contribution in [1.29, 1.82) is 0 Å². The van der Waals surface area contributed by atoms with E-state index in [0.717, 1.165) is 23.4 Å². The number of aromatic nitrogens is 1. The zero-order valence-electron chi connectivity index (χ0n) is 15.9. The lowest BCUT2D eigenvalue weighted by molar-refractivity contribution is 0.332. The summed E-state index contributed by atoms with van der Waals surface area (Å²) in [5.41, 5.74) is 4.68. The lowest BCUT2D eigenvalue weighted by atomic mass is 10.1. The number of ether oxygens (including phenoxy) is 1. The third-order valence-electron chi connectivity index (χ3n) is 5.16. The monoisotopic (exact) mass is 373 g/mol. The van der Waals surface area contributed by atoms with Crippen molar-refractivity contribution in [1.82, 2.24) is 4.57 Å². The van der Waals surface area contributed by atoms with Crippen LogP contribution < -0.4 is 0 Å². The van der Waals surface area contributed by atoms with Crippen LogP contribution in [-0.4, -0.2) is 4.57 Å². The number of benzene rings is 3. The van der Waals surface area contributed by atoms with Gasteiger partial charge >= 0.3 is 0 Å². The Morgan fingerprint density at radius 2 is 1.45 bits per heavy atom. The molecule has 0 bridgehead atoms. The van der Waals surface area contributed by atoms with Gasteiger partial charge in [-0.1, -0.05) is 54.6 Å². The maximum absolute atomic E-state index is 5.63. The van der Waals surface area contributed by atoms with E-state index in [9.17, 15) is 0 Å². The summed E-state index contributed by atoms with van der Waals surface area (Å²) in [7, 11) is 0. The number of terminal acetylenes is 1. The summed E-state index contributed by atoms with van der Waals surface area (Å²) in [6, 6.07) is 25.6. The van der Waals surface area contributed by atoms with Gasteiger partial charge in [-0.2, -0.15) is 0 Å². The molecule has 0 spiro atoms. The fraction of sp³-hybridized carbons (Fsp3) is 0.0370. The van der Waals surface area contributed by atoms with Gasteiger partial charge in [-0.3, -0.25) is 0 Å². The van der Waals surface area contributed by atoms with Gasteiger partial charge in [-0.25, -0.2) is 0 Å². The van der Waals surface area contributed by atoms with Crippen molar-refractivity contribution < 1.29 is 4.74 Å². The highest BCUT2D eigenvalue weighted by Gasteiger charge is 2.10. The summed E-state index contributed by atoms with van der Waals surface area (Å²) in [6.45, 7) is 0. The van der Waals surface area contributed by atoms with Gasteiger partial charge in [0, 0.05) is 16.5 Å². The molecule has 1 aliphatic heterocycles. The smallest absolute Gasteiger partial charge is 0.173 e. The number of nitrogens with zero attached hydrogens (tertiary/aromatic N) is 1. The van der Waals surface area contributed by atoms with Gasteiger partial charge in [-0.15, -0.1) is 6.42 Å². The van der Waals surface area contributed by atoms with E-state index in [-0.39, 0.29) is 0 Å². The van der Waals surface area contributed by atoms with Crippen LogP contribution in [0.1, 0.15) is 12.0 Å². The van der Waals surface area contributed by atoms with E-state index < -0.39 is 0 Å². The third kappa shape index (κ3) is 3.13. The van der Waals surface area contributed by atoms with Crippen molar-refractivity contribution in [2.75, 3.05) is 0 Å². The second kappa shape index (κ2) is 7.22. The quantitative estimate of drug-likeness (QED) is 0.368. The molecule has 2 heteroatoms. The van der Waals surface area contributed by atoms with Gasteiger partial charge in [0.15, 0.2) is 5.76 Å². The molecule has 0 saturated carbocycles. The van der Waals surface area contributed by atoms with Gasteiger partial charge in [0.25, 0.3) is 0 Å². The molecule has 0 amide bonds. The van der Waals surface area contributed by atoms with Crippen molar-refractivity contribution >= 4 is 27.9 Å². The summed E-state index contributed by atoms with van der Waals surface area (Å²) in [4.78, 5) is 0. The van der Waals surface area contributed by atoms with Crippen molar-refractivity contribution in [3.8, 4) is 18.0 Å². The zero-order chi connectivity index (χ0) is 19.6.